The molecule has 188 valence electrons. The van der Waals surface area contributed by atoms with Gasteiger partial charge in [0.05, 0.1) is 5.69 Å². The van der Waals surface area contributed by atoms with Crippen LogP contribution in [-0.2, 0) is 9.59 Å². The molecule has 0 aromatic heterocycles. The number of hydrogen-bond acceptors (Lipinski definition) is 4. The fraction of sp³-hybridized carbons (Fsp3) is 0.310. The van der Waals surface area contributed by atoms with Crippen molar-refractivity contribution in [3.63, 3.8) is 0 Å². The molecule has 0 aliphatic carbocycles. The molecule has 2 N–H and O–H groups in total. The largest absolute Gasteiger partial charge is 0.455 e. The van der Waals surface area contributed by atoms with Gasteiger partial charge in [0.25, 0.3) is 0 Å². The summed E-state index contributed by atoms with van der Waals surface area (Å²) in [6, 6.07) is 22.9. The normalized spacial score (nSPS) is 14.7. The van der Waals surface area contributed by atoms with Gasteiger partial charge in [-0.1, -0.05) is 35.9 Å². The average Bonchev–Trinajstić information content (AvgIpc) is 2.87. The standard InChI is InChI=1S/C29H32ClN3O3/c1-20(31-27-8-3-4-9-28(27)36-26-12-10-24(30)11-13-26)23-6-5-7-25(19-23)32-29(35)18-22-14-16-33(17-15-22)21(2)34/h3-13,19-20,22,31H,14-18H2,1-2H3,(H,32,35). The second-order valence-electron chi connectivity index (χ2n) is 9.25. The van der Waals surface area contributed by atoms with Crippen LogP contribution in [0.5, 0.6) is 11.5 Å². The summed E-state index contributed by atoms with van der Waals surface area (Å²) >= 11 is 5.98. The molecule has 2 amide bonds. The zero-order valence-corrected chi connectivity index (χ0v) is 21.4. The number of amides is 2. The molecule has 1 saturated heterocycles. The number of likely N-dealkylation sites (tertiary alicyclic amines) is 1. The number of nitrogens with zero attached hydrogens (tertiary/aromatic N) is 1. The Labute approximate surface area is 217 Å². The minimum Gasteiger partial charge on any atom is -0.455 e. The summed E-state index contributed by atoms with van der Waals surface area (Å²) in [7, 11) is 0. The molecule has 3 aromatic carbocycles. The summed E-state index contributed by atoms with van der Waals surface area (Å²) < 4.78 is 6.07. The zero-order valence-electron chi connectivity index (χ0n) is 20.7. The molecule has 1 unspecified atom stereocenters. The van der Waals surface area contributed by atoms with Crippen molar-refractivity contribution in [1.29, 1.82) is 0 Å². The summed E-state index contributed by atoms with van der Waals surface area (Å²) in [5.74, 6) is 1.85. The van der Waals surface area contributed by atoms with Gasteiger partial charge in [-0.15, -0.1) is 0 Å². The third-order valence-corrected chi connectivity index (χ3v) is 6.76. The van der Waals surface area contributed by atoms with Crippen LogP contribution in [0, 0.1) is 5.92 Å². The van der Waals surface area contributed by atoms with E-state index in [1.807, 2.05) is 65.6 Å². The van der Waals surface area contributed by atoms with E-state index in [1.165, 1.54) is 0 Å². The Morgan fingerprint density at radius 2 is 1.75 bits per heavy atom. The quantitative estimate of drug-likeness (QED) is 0.349. The highest BCUT2D eigenvalue weighted by Crippen LogP contribution is 2.33. The lowest BCUT2D eigenvalue weighted by molar-refractivity contribution is -0.130. The van der Waals surface area contributed by atoms with E-state index >= 15 is 0 Å². The number of halogens is 1. The van der Waals surface area contributed by atoms with Gasteiger partial charge >= 0.3 is 0 Å². The van der Waals surface area contributed by atoms with Crippen LogP contribution in [0.4, 0.5) is 11.4 Å². The van der Waals surface area contributed by atoms with E-state index in [1.54, 1.807) is 19.1 Å². The molecular formula is C29H32ClN3O3. The lowest BCUT2D eigenvalue weighted by atomic mass is 9.93. The molecule has 1 fully saturated rings. The maximum absolute atomic E-state index is 12.7. The van der Waals surface area contributed by atoms with Crippen molar-refractivity contribution in [2.45, 2.75) is 39.2 Å². The van der Waals surface area contributed by atoms with Crippen molar-refractivity contribution >= 4 is 34.8 Å². The van der Waals surface area contributed by atoms with Crippen LogP contribution in [0.1, 0.15) is 44.7 Å². The van der Waals surface area contributed by atoms with Gasteiger partial charge in [0.1, 0.15) is 5.75 Å². The Balaban J connectivity index is 1.35. The Morgan fingerprint density at radius 3 is 2.47 bits per heavy atom. The van der Waals surface area contributed by atoms with Gasteiger partial charge in [0.2, 0.25) is 11.8 Å². The fourth-order valence-electron chi connectivity index (χ4n) is 4.43. The maximum Gasteiger partial charge on any atom is 0.224 e. The van der Waals surface area contributed by atoms with Crippen LogP contribution in [0.3, 0.4) is 0 Å². The van der Waals surface area contributed by atoms with Crippen molar-refractivity contribution < 1.29 is 14.3 Å². The summed E-state index contributed by atoms with van der Waals surface area (Å²) in [6.45, 7) is 5.13. The number of para-hydroxylation sites is 2. The van der Waals surface area contributed by atoms with Gasteiger partial charge < -0.3 is 20.3 Å². The van der Waals surface area contributed by atoms with Crippen molar-refractivity contribution in [1.82, 2.24) is 4.90 Å². The average molecular weight is 506 g/mol. The molecule has 0 radical (unpaired) electrons. The molecule has 1 atom stereocenters. The van der Waals surface area contributed by atoms with Gasteiger partial charge in [-0.2, -0.15) is 0 Å². The minimum absolute atomic E-state index is 0.00995. The first-order chi connectivity index (χ1) is 17.4. The Bertz CT molecular complexity index is 1190. The van der Waals surface area contributed by atoms with E-state index in [0.717, 1.165) is 42.9 Å². The van der Waals surface area contributed by atoms with Crippen molar-refractivity contribution in [2.75, 3.05) is 23.7 Å². The van der Waals surface area contributed by atoms with Gasteiger partial charge in [-0.25, -0.2) is 0 Å². The molecule has 4 rings (SSSR count). The highest BCUT2D eigenvalue weighted by molar-refractivity contribution is 6.30. The first-order valence-electron chi connectivity index (χ1n) is 12.3. The number of ether oxygens (including phenoxy) is 1. The summed E-state index contributed by atoms with van der Waals surface area (Å²) in [5.41, 5.74) is 2.69. The zero-order chi connectivity index (χ0) is 25.5. The van der Waals surface area contributed by atoms with Gasteiger partial charge in [0.15, 0.2) is 5.75 Å². The third kappa shape index (κ3) is 7.01. The summed E-state index contributed by atoms with van der Waals surface area (Å²) in [4.78, 5) is 26.0. The van der Waals surface area contributed by atoms with E-state index in [-0.39, 0.29) is 17.9 Å². The second-order valence-corrected chi connectivity index (χ2v) is 9.68. The minimum atomic E-state index is -0.0206. The number of piperidine rings is 1. The van der Waals surface area contributed by atoms with E-state index in [0.29, 0.717) is 28.9 Å². The highest BCUT2D eigenvalue weighted by atomic mass is 35.5. The number of carbonyl (C=O) groups excluding carboxylic acids is 2. The third-order valence-electron chi connectivity index (χ3n) is 6.50. The Kier molecular flexibility index (Phi) is 8.49. The summed E-state index contributed by atoms with van der Waals surface area (Å²) in [6.07, 6.45) is 2.20. The molecule has 0 spiro atoms. The number of nitrogens with one attached hydrogen (secondary N) is 2. The van der Waals surface area contributed by atoms with Crippen LogP contribution < -0.4 is 15.4 Å². The molecule has 36 heavy (non-hydrogen) atoms. The highest BCUT2D eigenvalue weighted by Gasteiger charge is 2.22. The predicted molar refractivity (Wildman–Crippen MR) is 145 cm³/mol. The summed E-state index contributed by atoms with van der Waals surface area (Å²) in [5, 5.41) is 7.23. The lowest BCUT2D eigenvalue weighted by Crippen LogP contribution is -2.37. The van der Waals surface area contributed by atoms with Crippen molar-refractivity contribution in [3.8, 4) is 11.5 Å². The second kappa shape index (κ2) is 12.0. The number of rotatable bonds is 8. The lowest BCUT2D eigenvalue weighted by Gasteiger charge is -2.30. The van der Waals surface area contributed by atoms with Crippen LogP contribution >= 0.6 is 11.6 Å². The van der Waals surface area contributed by atoms with E-state index in [4.69, 9.17) is 16.3 Å². The number of anilines is 2. The molecule has 3 aromatic rings. The first-order valence-corrected chi connectivity index (χ1v) is 12.7. The molecule has 1 aliphatic rings. The van der Waals surface area contributed by atoms with E-state index in [2.05, 4.69) is 17.6 Å². The molecule has 1 heterocycles. The molecule has 0 bridgehead atoms. The van der Waals surface area contributed by atoms with Crippen molar-refractivity contribution in [3.05, 3.63) is 83.4 Å². The van der Waals surface area contributed by atoms with Crippen LogP contribution in [0.25, 0.3) is 0 Å². The van der Waals surface area contributed by atoms with E-state index < -0.39 is 0 Å². The van der Waals surface area contributed by atoms with Crippen LogP contribution in [0.2, 0.25) is 5.02 Å². The number of hydrogen-bond donors (Lipinski definition) is 2. The predicted octanol–water partition coefficient (Wildman–Crippen LogP) is 6.89. The molecule has 6 nitrogen and oxygen atoms in total. The fourth-order valence-corrected chi connectivity index (χ4v) is 4.56. The molecular weight excluding hydrogens is 474 g/mol. The van der Waals surface area contributed by atoms with E-state index in [9.17, 15) is 9.59 Å². The first kappa shape index (κ1) is 25.6. The van der Waals surface area contributed by atoms with Crippen LogP contribution in [0.15, 0.2) is 72.8 Å². The molecule has 7 heteroatoms. The monoisotopic (exact) mass is 505 g/mol. The van der Waals surface area contributed by atoms with Gasteiger partial charge in [-0.05, 0) is 79.8 Å². The molecule has 0 saturated carbocycles. The molecule has 1 aliphatic heterocycles. The maximum atomic E-state index is 12.7. The number of benzene rings is 3. The topological polar surface area (TPSA) is 70.7 Å². The Hall–Kier alpha value is -3.51. The number of carbonyl (C=O) groups is 2. The van der Waals surface area contributed by atoms with Crippen LogP contribution in [-0.4, -0.2) is 29.8 Å². The smallest absolute Gasteiger partial charge is 0.224 e. The van der Waals surface area contributed by atoms with Gasteiger partial charge in [-0.3, -0.25) is 9.59 Å². The van der Waals surface area contributed by atoms with Gasteiger partial charge in [0, 0.05) is 43.2 Å². The SMILES string of the molecule is CC(=O)N1CCC(CC(=O)Nc2cccc(C(C)Nc3ccccc3Oc3ccc(Cl)cc3)c2)CC1. The Morgan fingerprint density at radius 1 is 1.03 bits per heavy atom. The van der Waals surface area contributed by atoms with Crippen molar-refractivity contribution in [2.24, 2.45) is 5.92 Å².